The summed E-state index contributed by atoms with van der Waals surface area (Å²) in [4.78, 5) is 78.6. The van der Waals surface area contributed by atoms with Gasteiger partial charge in [0.05, 0.1) is 6.04 Å². The fourth-order valence-corrected chi connectivity index (χ4v) is 6.73. The van der Waals surface area contributed by atoms with Crippen LogP contribution in [-0.4, -0.2) is 88.5 Å². The lowest BCUT2D eigenvalue weighted by molar-refractivity contribution is -0.145. The number of hydrogen-bond donors (Lipinski definition) is 5. The van der Waals surface area contributed by atoms with Gasteiger partial charge in [-0.05, 0) is 75.9 Å². The highest BCUT2D eigenvalue weighted by molar-refractivity contribution is 7.32. The van der Waals surface area contributed by atoms with E-state index in [2.05, 4.69) is 16.0 Å². The van der Waals surface area contributed by atoms with E-state index in [1.165, 1.54) is 0 Å². The summed E-state index contributed by atoms with van der Waals surface area (Å²) in [6.45, 7) is 0.236. The van der Waals surface area contributed by atoms with Crippen LogP contribution >= 0.6 is 8.25 Å². The van der Waals surface area contributed by atoms with Gasteiger partial charge in [0.1, 0.15) is 18.1 Å². The molecule has 0 saturated carbocycles. The molecule has 15 heteroatoms. The van der Waals surface area contributed by atoms with Crippen molar-refractivity contribution in [2.45, 2.75) is 94.5 Å². The van der Waals surface area contributed by atoms with Crippen LogP contribution < -0.4 is 26.2 Å². The van der Waals surface area contributed by atoms with Crippen LogP contribution in [0.25, 0.3) is 0 Å². The first-order valence-electron chi connectivity index (χ1n) is 16.5. The van der Waals surface area contributed by atoms with Gasteiger partial charge >= 0.3 is 8.25 Å². The summed E-state index contributed by atoms with van der Waals surface area (Å²) in [6, 6.07) is 12.3. The van der Waals surface area contributed by atoms with Crippen LogP contribution in [0.15, 0.2) is 54.6 Å². The second-order valence-corrected chi connectivity index (χ2v) is 13.4. The van der Waals surface area contributed by atoms with Gasteiger partial charge in [0.2, 0.25) is 29.5 Å². The fraction of sp³-hybridized carbons (Fsp3) is 0.500. The highest BCUT2D eigenvalue weighted by Crippen LogP contribution is 2.32. The molecule has 0 bridgehead atoms. The van der Waals surface area contributed by atoms with Crippen LogP contribution in [0.3, 0.4) is 0 Å². The Labute approximate surface area is 287 Å². The first-order chi connectivity index (χ1) is 23.4. The molecule has 2 saturated heterocycles. The molecule has 2 aliphatic heterocycles. The molecule has 2 aromatic carbocycles. The second-order valence-electron chi connectivity index (χ2n) is 12.8. The highest BCUT2D eigenvalue weighted by Gasteiger charge is 2.45. The zero-order valence-corrected chi connectivity index (χ0v) is 28.8. The standard InChI is InChI=1S/C34H45N6O8P/c1-39(2)29(20-22-12-15-25(16-13-22)48-49(46)47)33(44)38-27-11-7-6-10-24-14-18-28(40(24)34(27)45)32(43)37-26(17-19-30(35)41)31(42)36-21-23-8-4-3-5-9-23/h3-5,8-9,12-13,15-16,24,26-29H,6-7,10-11,14,17-21H2,1-2H3,(H5-,35,36,37,38,41,42,43,44,46,47)/p+1/t24-,26-,27-,28-,29-/m0/s1. The number of nitrogens with zero attached hydrogens (tertiary/aromatic N) is 2. The number of fused-ring (bicyclic) bond motifs is 1. The zero-order valence-electron chi connectivity index (χ0n) is 27.9. The molecule has 0 radical (unpaired) electrons. The van der Waals surface area contributed by atoms with Crippen molar-refractivity contribution in [2.75, 3.05) is 14.1 Å². The number of likely N-dealkylation sites (N-methyl/N-ethyl adjacent to an activating group) is 1. The number of primary amides is 1. The van der Waals surface area contributed by atoms with E-state index in [-0.39, 0.29) is 43.0 Å². The van der Waals surface area contributed by atoms with Gasteiger partial charge in [-0.2, -0.15) is 0 Å². The molecule has 2 heterocycles. The molecule has 2 aromatic rings. The topological polar surface area (TPSA) is 200 Å². The van der Waals surface area contributed by atoms with Crippen molar-refractivity contribution < 1.29 is 38.0 Å². The average Bonchev–Trinajstić information content (AvgIpc) is 3.48. The first kappa shape index (κ1) is 37.4. The van der Waals surface area contributed by atoms with Crippen molar-refractivity contribution in [1.82, 2.24) is 25.8 Å². The summed E-state index contributed by atoms with van der Waals surface area (Å²) >= 11 is 0. The van der Waals surface area contributed by atoms with Gasteiger partial charge in [0, 0.05) is 23.6 Å². The smallest absolute Gasteiger partial charge is 0.370 e. The van der Waals surface area contributed by atoms with Crippen LogP contribution in [0, 0.1) is 0 Å². The molecular formula is C34H46N6O8P+. The molecule has 0 aromatic heterocycles. The second kappa shape index (κ2) is 17.8. The maximum absolute atomic E-state index is 14.1. The predicted molar refractivity (Wildman–Crippen MR) is 181 cm³/mol. The number of carbonyl (C=O) groups excluding carboxylic acids is 5. The third kappa shape index (κ3) is 10.8. The Balaban J connectivity index is 1.45. The van der Waals surface area contributed by atoms with Gasteiger partial charge in [-0.1, -0.05) is 55.3 Å². The largest absolute Gasteiger partial charge is 0.747 e. The van der Waals surface area contributed by atoms with Crippen LogP contribution in [0.4, 0.5) is 0 Å². The normalized spacial score (nSPS) is 20.7. The first-order valence-corrected chi connectivity index (χ1v) is 17.7. The van der Waals surface area contributed by atoms with E-state index in [1.807, 2.05) is 30.3 Å². The van der Waals surface area contributed by atoms with Crippen molar-refractivity contribution in [1.29, 1.82) is 0 Å². The van der Waals surface area contributed by atoms with Gasteiger partial charge in [-0.25, -0.2) is 4.52 Å². The lowest BCUT2D eigenvalue weighted by Gasteiger charge is -2.36. The molecule has 4 rings (SSSR count). The third-order valence-electron chi connectivity index (χ3n) is 9.04. The fourth-order valence-electron chi connectivity index (χ4n) is 6.43. The zero-order chi connectivity index (χ0) is 35.5. The number of rotatable bonds is 15. The van der Waals surface area contributed by atoms with Gasteiger partial charge in [0.15, 0.2) is 5.75 Å². The molecule has 2 fully saturated rings. The van der Waals surface area contributed by atoms with E-state index in [9.17, 15) is 28.5 Å². The Morgan fingerprint density at radius 2 is 1.67 bits per heavy atom. The van der Waals surface area contributed by atoms with Crippen molar-refractivity contribution in [3.63, 3.8) is 0 Å². The van der Waals surface area contributed by atoms with Gasteiger partial charge in [-0.15, -0.1) is 4.89 Å². The molecule has 264 valence electrons. The third-order valence-corrected chi connectivity index (χ3v) is 9.41. The Morgan fingerprint density at radius 1 is 0.980 bits per heavy atom. The molecule has 5 amide bonds. The predicted octanol–water partition coefficient (Wildman–Crippen LogP) is 1.67. The SMILES string of the molecule is CN(C)[C@@H](Cc1ccc(O[P+](=O)O)cc1)C(=O)N[C@H]1CCCC[C@H]2CC[C@@H](C(=O)N[C@@H](CCC(N)=O)C(=O)NCc3ccccc3)N2C1=O. The summed E-state index contributed by atoms with van der Waals surface area (Å²) in [5, 5.41) is 8.55. The Morgan fingerprint density at radius 3 is 2.33 bits per heavy atom. The number of hydrogen-bond acceptors (Lipinski definition) is 8. The molecule has 6 atom stereocenters. The van der Waals surface area contributed by atoms with Crippen molar-refractivity contribution >= 4 is 37.8 Å². The van der Waals surface area contributed by atoms with E-state index in [1.54, 1.807) is 48.2 Å². The molecule has 0 aliphatic carbocycles. The van der Waals surface area contributed by atoms with Crippen molar-refractivity contribution in [2.24, 2.45) is 5.73 Å². The summed E-state index contributed by atoms with van der Waals surface area (Å²) in [5.74, 6) is -2.01. The molecule has 14 nitrogen and oxygen atoms in total. The van der Waals surface area contributed by atoms with Crippen molar-refractivity contribution in [3.05, 3.63) is 65.7 Å². The summed E-state index contributed by atoms with van der Waals surface area (Å²) in [7, 11) is 0.733. The van der Waals surface area contributed by atoms with Gasteiger partial charge < -0.3 is 26.6 Å². The lowest BCUT2D eigenvalue weighted by atomic mass is 9.98. The molecule has 0 spiro atoms. The summed E-state index contributed by atoms with van der Waals surface area (Å²) in [5.41, 5.74) is 7.02. The Kier molecular flexibility index (Phi) is 13.6. The number of nitrogens with two attached hydrogens (primary N) is 1. The Hall–Kier alpha value is -4.39. The van der Waals surface area contributed by atoms with Gasteiger partial charge in [-0.3, -0.25) is 28.9 Å². The number of carbonyl (C=O) groups is 5. The quantitative estimate of drug-likeness (QED) is 0.172. The number of amides is 5. The lowest BCUT2D eigenvalue weighted by Crippen LogP contribution is -2.59. The van der Waals surface area contributed by atoms with Crippen LogP contribution in [-0.2, 0) is 41.5 Å². The number of nitrogens with one attached hydrogen (secondary N) is 3. The van der Waals surface area contributed by atoms with E-state index in [0.717, 1.165) is 30.4 Å². The maximum atomic E-state index is 14.1. The van der Waals surface area contributed by atoms with E-state index in [4.69, 9.17) is 15.2 Å². The molecule has 1 unspecified atom stereocenters. The van der Waals surface area contributed by atoms with Crippen molar-refractivity contribution in [3.8, 4) is 5.75 Å². The monoisotopic (exact) mass is 697 g/mol. The van der Waals surface area contributed by atoms with E-state index in [0.29, 0.717) is 25.7 Å². The molecular weight excluding hydrogens is 651 g/mol. The number of benzene rings is 2. The highest BCUT2D eigenvalue weighted by atomic mass is 31.1. The molecule has 6 N–H and O–H groups in total. The minimum absolute atomic E-state index is 0.00749. The van der Waals surface area contributed by atoms with Gasteiger partial charge in [0.25, 0.3) is 0 Å². The molecule has 49 heavy (non-hydrogen) atoms. The summed E-state index contributed by atoms with van der Waals surface area (Å²) < 4.78 is 15.8. The van der Waals surface area contributed by atoms with Crippen LogP contribution in [0.1, 0.15) is 62.5 Å². The maximum Gasteiger partial charge on any atom is 0.747 e. The van der Waals surface area contributed by atoms with E-state index < -0.39 is 50.1 Å². The minimum Gasteiger partial charge on any atom is -0.370 e. The van der Waals surface area contributed by atoms with E-state index >= 15 is 0 Å². The minimum atomic E-state index is -2.79. The average molecular weight is 698 g/mol. The van der Waals surface area contributed by atoms with Crippen LogP contribution in [0.2, 0.25) is 0 Å². The molecule has 2 aliphatic rings. The van der Waals surface area contributed by atoms with Crippen LogP contribution in [0.5, 0.6) is 5.75 Å². The summed E-state index contributed by atoms with van der Waals surface area (Å²) in [6.07, 6.45) is 3.92. The Bertz CT molecular complexity index is 1490.